The Kier molecular flexibility index (Phi) is 2.44. The van der Waals surface area contributed by atoms with Crippen molar-refractivity contribution >= 4 is 0 Å². The predicted molar refractivity (Wildman–Crippen MR) is 69.7 cm³/mol. The molecule has 0 amide bonds. The third-order valence-electron chi connectivity index (χ3n) is 5.78. The highest BCUT2D eigenvalue weighted by atomic mass is 14.8. The van der Waals surface area contributed by atoms with Crippen LogP contribution in [-0.4, -0.2) is 9.97 Å². The average molecular weight is 243 g/mol. The lowest BCUT2D eigenvalue weighted by Gasteiger charge is -2.31. The lowest BCUT2D eigenvalue weighted by Crippen LogP contribution is -2.25. The minimum absolute atomic E-state index is 0.533. The van der Waals surface area contributed by atoms with Crippen molar-refractivity contribution in [1.29, 1.82) is 0 Å². The Labute approximate surface area is 108 Å². The van der Waals surface area contributed by atoms with Gasteiger partial charge in [0.15, 0.2) is 0 Å². The average Bonchev–Trinajstić information content (AvgIpc) is 3.10. The number of hydrogen-bond acceptors (Lipinski definition) is 3. The van der Waals surface area contributed by atoms with E-state index >= 15 is 0 Å². The highest BCUT2D eigenvalue weighted by Crippen LogP contribution is 2.63. The monoisotopic (exact) mass is 243 g/mol. The van der Waals surface area contributed by atoms with Crippen LogP contribution >= 0.6 is 0 Å². The van der Waals surface area contributed by atoms with Crippen LogP contribution in [0, 0.1) is 23.7 Å². The zero-order valence-electron chi connectivity index (χ0n) is 10.8. The summed E-state index contributed by atoms with van der Waals surface area (Å²) in [5.74, 6) is 4.54. The maximum atomic E-state index is 5.82. The lowest BCUT2D eigenvalue weighted by atomic mass is 9.74. The van der Waals surface area contributed by atoms with Crippen LogP contribution in [0.1, 0.15) is 49.4 Å². The molecule has 1 aromatic rings. The molecule has 0 radical (unpaired) electrons. The lowest BCUT2D eigenvalue weighted by molar-refractivity contribution is 0.229. The summed E-state index contributed by atoms with van der Waals surface area (Å²) in [4.78, 5) is 9.05. The van der Waals surface area contributed by atoms with Gasteiger partial charge >= 0.3 is 0 Å². The van der Waals surface area contributed by atoms with Crippen molar-refractivity contribution in [2.24, 2.45) is 29.4 Å². The van der Waals surface area contributed by atoms with E-state index in [1.54, 1.807) is 6.20 Å². The molecule has 0 aromatic carbocycles. The van der Waals surface area contributed by atoms with Crippen molar-refractivity contribution in [3.63, 3.8) is 0 Å². The topological polar surface area (TPSA) is 51.8 Å². The standard InChI is InChI=1S/C15H21N3/c16-8-14-15(18-5-4-17-14)13-7-9-6-12(13)11-3-1-2-10(9)11/h4-5,9-13H,1-3,6-8,16H2. The molecule has 2 N–H and O–H groups in total. The minimum Gasteiger partial charge on any atom is -0.325 e. The SMILES string of the molecule is NCc1nccnc1C1CC2CC1C1CCCC21. The van der Waals surface area contributed by atoms with E-state index in [0.29, 0.717) is 12.5 Å². The number of nitrogens with zero attached hydrogens (tertiary/aromatic N) is 2. The zero-order chi connectivity index (χ0) is 12.1. The summed E-state index contributed by atoms with van der Waals surface area (Å²) in [5, 5.41) is 0. The second-order valence-electron chi connectivity index (χ2n) is 6.35. The molecule has 5 unspecified atom stereocenters. The Balaban J connectivity index is 1.67. The van der Waals surface area contributed by atoms with Crippen molar-refractivity contribution < 1.29 is 0 Å². The van der Waals surface area contributed by atoms with Gasteiger partial charge in [0, 0.05) is 24.9 Å². The molecule has 3 aliphatic carbocycles. The van der Waals surface area contributed by atoms with Crippen molar-refractivity contribution in [3.05, 3.63) is 23.8 Å². The molecule has 1 aromatic heterocycles. The first kappa shape index (κ1) is 10.9. The fourth-order valence-corrected chi connectivity index (χ4v) is 5.23. The molecular formula is C15H21N3. The molecule has 0 aliphatic heterocycles. The van der Waals surface area contributed by atoms with E-state index in [1.165, 1.54) is 37.8 Å². The Morgan fingerprint density at radius 2 is 1.89 bits per heavy atom. The third-order valence-corrected chi connectivity index (χ3v) is 5.78. The normalized spacial score (nSPS) is 41.3. The minimum atomic E-state index is 0.533. The molecule has 3 fully saturated rings. The number of fused-ring (bicyclic) bond motifs is 5. The molecule has 1 heterocycles. The van der Waals surface area contributed by atoms with Crippen molar-refractivity contribution in [3.8, 4) is 0 Å². The van der Waals surface area contributed by atoms with E-state index < -0.39 is 0 Å². The van der Waals surface area contributed by atoms with Gasteiger partial charge in [-0.15, -0.1) is 0 Å². The number of hydrogen-bond donors (Lipinski definition) is 1. The van der Waals surface area contributed by atoms with Crippen LogP contribution in [0.5, 0.6) is 0 Å². The van der Waals surface area contributed by atoms with Crippen molar-refractivity contribution in [2.75, 3.05) is 0 Å². The van der Waals surface area contributed by atoms with Gasteiger partial charge in [0.2, 0.25) is 0 Å². The molecule has 3 saturated carbocycles. The molecule has 0 spiro atoms. The van der Waals surface area contributed by atoms with Crippen LogP contribution in [0.4, 0.5) is 0 Å². The largest absolute Gasteiger partial charge is 0.325 e. The first-order valence-electron chi connectivity index (χ1n) is 7.38. The van der Waals surface area contributed by atoms with Gasteiger partial charge in [-0.3, -0.25) is 9.97 Å². The molecule has 3 nitrogen and oxygen atoms in total. The molecular weight excluding hydrogens is 222 g/mol. The maximum absolute atomic E-state index is 5.82. The summed E-state index contributed by atoms with van der Waals surface area (Å²) in [6, 6.07) is 0. The Bertz CT molecular complexity index is 459. The summed E-state index contributed by atoms with van der Waals surface area (Å²) in [6.45, 7) is 0.533. The molecule has 2 bridgehead atoms. The van der Waals surface area contributed by atoms with Crippen molar-refractivity contribution in [1.82, 2.24) is 9.97 Å². The van der Waals surface area contributed by atoms with Gasteiger partial charge < -0.3 is 5.73 Å². The smallest absolute Gasteiger partial charge is 0.0757 e. The van der Waals surface area contributed by atoms with E-state index in [-0.39, 0.29) is 0 Å². The van der Waals surface area contributed by atoms with Gasteiger partial charge in [-0.25, -0.2) is 0 Å². The van der Waals surface area contributed by atoms with Gasteiger partial charge in [0.1, 0.15) is 0 Å². The number of aromatic nitrogens is 2. The van der Waals surface area contributed by atoms with E-state index in [0.717, 1.165) is 29.4 Å². The highest BCUT2D eigenvalue weighted by molar-refractivity contribution is 5.22. The van der Waals surface area contributed by atoms with E-state index in [1.807, 2.05) is 6.20 Å². The van der Waals surface area contributed by atoms with E-state index in [9.17, 15) is 0 Å². The Morgan fingerprint density at radius 1 is 1.06 bits per heavy atom. The Morgan fingerprint density at radius 3 is 2.78 bits per heavy atom. The molecule has 18 heavy (non-hydrogen) atoms. The summed E-state index contributed by atoms with van der Waals surface area (Å²) < 4.78 is 0. The van der Waals surface area contributed by atoms with Gasteiger partial charge in [-0.05, 0) is 49.4 Å². The second kappa shape index (κ2) is 4.02. The van der Waals surface area contributed by atoms with Crippen LogP contribution in [-0.2, 0) is 6.54 Å². The summed E-state index contributed by atoms with van der Waals surface area (Å²) in [5.41, 5.74) is 8.07. The predicted octanol–water partition coefficient (Wildman–Crippen LogP) is 2.48. The van der Waals surface area contributed by atoms with E-state index in [4.69, 9.17) is 5.73 Å². The molecule has 0 saturated heterocycles. The van der Waals surface area contributed by atoms with Gasteiger partial charge in [-0.2, -0.15) is 0 Å². The second-order valence-corrected chi connectivity index (χ2v) is 6.35. The zero-order valence-corrected chi connectivity index (χ0v) is 10.8. The first-order chi connectivity index (χ1) is 8.88. The van der Waals surface area contributed by atoms with Crippen molar-refractivity contribution in [2.45, 2.75) is 44.6 Å². The van der Waals surface area contributed by atoms with Crippen LogP contribution in [0.2, 0.25) is 0 Å². The summed E-state index contributed by atoms with van der Waals surface area (Å²) in [6.07, 6.45) is 10.8. The molecule has 3 heteroatoms. The molecule has 4 rings (SSSR count). The van der Waals surface area contributed by atoms with E-state index in [2.05, 4.69) is 9.97 Å². The Hall–Kier alpha value is -0.960. The summed E-state index contributed by atoms with van der Waals surface area (Å²) >= 11 is 0. The van der Waals surface area contributed by atoms with Gasteiger partial charge in [-0.1, -0.05) is 6.42 Å². The molecule has 3 aliphatic rings. The van der Waals surface area contributed by atoms with Crippen LogP contribution in [0.15, 0.2) is 12.4 Å². The highest BCUT2D eigenvalue weighted by Gasteiger charge is 2.54. The quantitative estimate of drug-likeness (QED) is 0.868. The molecule has 96 valence electrons. The van der Waals surface area contributed by atoms with Gasteiger partial charge in [0.05, 0.1) is 11.4 Å². The number of rotatable bonds is 2. The third kappa shape index (κ3) is 1.40. The van der Waals surface area contributed by atoms with Crippen LogP contribution < -0.4 is 5.73 Å². The summed E-state index contributed by atoms with van der Waals surface area (Å²) in [7, 11) is 0. The van der Waals surface area contributed by atoms with Crippen LogP contribution in [0.25, 0.3) is 0 Å². The fraction of sp³-hybridized carbons (Fsp3) is 0.733. The fourth-order valence-electron chi connectivity index (χ4n) is 5.23. The van der Waals surface area contributed by atoms with Crippen LogP contribution in [0.3, 0.4) is 0 Å². The number of nitrogens with two attached hydrogens (primary N) is 1. The maximum Gasteiger partial charge on any atom is 0.0757 e. The first-order valence-corrected chi connectivity index (χ1v) is 7.38. The molecule has 5 atom stereocenters. The van der Waals surface area contributed by atoms with Gasteiger partial charge in [0.25, 0.3) is 0 Å².